The zero-order valence-electron chi connectivity index (χ0n) is 11.6. The fourth-order valence-corrected chi connectivity index (χ4v) is 4.38. The van der Waals surface area contributed by atoms with Crippen LogP contribution in [0.1, 0.15) is 24.9 Å². The van der Waals surface area contributed by atoms with Crippen LogP contribution in [-0.4, -0.2) is 20.4 Å². The lowest BCUT2D eigenvalue weighted by molar-refractivity contribution is 0.574. The second kappa shape index (κ2) is 6.87. The van der Waals surface area contributed by atoms with Crippen molar-refractivity contribution in [2.45, 2.75) is 24.3 Å². The highest BCUT2D eigenvalue weighted by molar-refractivity contribution is 9.11. The van der Waals surface area contributed by atoms with E-state index in [0.29, 0.717) is 5.13 Å². The molecule has 1 unspecified atom stereocenters. The molecule has 8 heteroatoms. The minimum Gasteiger partial charge on any atom is -0.313 e. The molecule has 1 atom stereocenters. The summed E-state index contributed by atoms with van der Waals surface area (Å²) in [5.41, 5.74) is 0.947. The molecule has 0 aliphatic carbocycles. The number of benzene rings is 1. The van der Waals surface area contributed by atoms with Crippen LogP contribution in [0.15, 0.2) is 39.1 Å². The van der Waals surface area contributed by atoms with Crippen LogP contribution in [0.4, 0.5) is 5.13 Å². The normalized spacial score (nSPS) is 13.1. The van der Waals surface area contributed by atoms with Gasteiger partial charge in [-0.2, -0.15) is 0 Å². The maximum absolute atomic E-state index is 12.4. The SMILES string of the molecule is CCC(NC)c1cccc(S(=O)(=O)Nc2ncc(Br)s2)c1. The molecule has 0 saturated carbocycles. The maximum atomic E-state index is 12.4. The standard InChI is InChI=1S/C13H16BrN3O2S2/c1-3-11(15-2)9-5-4-6-10(7-9)21(18,19)17-13-16-8-12(14)20-13/h4-8,11,15H,3H2,1-2H3,(H,16,17). The number of hydrogen-bond donors (Lipinski definition) is 2. The van der Waals surface area contributed by atoms with Crippen molar-refractivity contribution in [1.29, 1.82) is 0 Å². The van der Waals surface area contributed by atoms with E-state index < -0.39 is 10.0 Å². The lowest BCUT2D eigenvalue weighted by Crippen LogP contribution is -2.17. The molecular weight excluding hydrogens is 374 g/mol. The highest BCUT2D eigenvalue weighted by Crippen LogP contribution is 2.26. The molecule has 2 N–H and O–H groups in total. The number of aromatic nitrogens is 1. The first-order valence-corrected chi connectivity index (χ1v) is 9.47. The highest BCUT2D eigenvalue weighted by Gasteiger charge is 2.18. The Hall–Kier alpha value is -0.960. The molecule has 0 bridgehead atoms. The van der Waals surface area contributed by atoms with Gasteiger partial charge in [0.15, 0.2) is 5.13 Å². The number of halogens is 1. The van der Waals surface area contributed by atoms with E-state index in [9.17, 15) is 8.42 Å². The first-order chi connectivity index (χ1) is 9.96. The summed E-state index contributed by atoms with van der Waals surface area (Å²) in [6.45, 7) is 2.05. The van der Waals surface area contributed by atoms with Gasteiger partial charge in [-0.05, 0) is 47.1 Å². The van der Waals surface area contributed by atoms with E-state index in [1.165, 1.54) is 11.3 Å². The number of rotatable bonds is 6. The molecule has 0 saturated heterocycles. The molecule has 0 aliphatic heterocycles. The third-order valence-electron chi connectivity index (χ3n) is 3.03. The second-order valence-corrected chi connectivity index (χ2v) is 8.49. The summed E-state index contributed by atoms with van der Waals surface area (Å²) in [5, 5.41) is 3.51. The lowest BCUT2D eigenvalue weighted by Gasteiger charge is -2.15. The van der Waals surface area contributed by atoms with E-state index in [2.05, 4.69) is 31.0 Å². The van der Waals surface area contributed by atoms with Crippen molar-refractivity contribution in [2.75, 3.05) is 11.8 Å². The Morgan fingerprint density at radius 3 is 2.76 bits per heavy atom. The molecule has 0 spiro atoms. The quantitative estimate of drug-likeness (QED) is 0.794. The number of anilines is 1. The van der Waals surface area contributed by atoms with Crippen molar-refractivity contribution >= 4 is 42.4 Å². The van der Waals surface area contributed by atoms with Gasteiger partial charge in [0.2, 0.25) is 0 Å². The maximum Gasteiger partial charge on any atom is 0.263 e. The minimum absolute atomic E-state index is 0.133. The van der Waals surface area contributed by atoms with Crippen LogP contribution in [-0.2, 0) is 10.0 Å². The average molecular weight is 390 g/mol. The first kappa shape index (κ1) is 16.4. The molecule has 0 aliphatic rings. The van der Waals surface area contributed by atoms with Gasteiger partial charge in [-0.1, -0.05) is 30.4 Å². The smallest absolute Gasteiger partial charge is 0.263 e. The molecule has 21 heavy (non-hydrogen) atoms. The van der Waals surface area contributed by atoms with Gasteiger partial charge in [-0.25, -0.2) is 13.4 Å². The minimum atomic E-state index is -3.62. The summed E-state index contributed by atoms with van der Waals surface area (Å²) < 4.78 is 28.0. The van der Waals surface area contributed by atoms with E-state index in [1.807, 2.05) is 20.0 Å². The van der Waals surface area contributed by atoms with Gasteiger partial charge in [0.05, 0.1) is 14.9 Å². The van der Waals surface area contributed by atoms with Crippen molar-refractivity contribution < 1.29 is 8.42 Å². The van der Waals surface area contributed by atoms with Gasteiger partial charge < -0.3 is 5.32 Å². The number of nitrogens with zero attached hydrogens (tertiary/aromatic N) is 1. The second-order valence-electron chi connectivity index (χ2n) is 4.40. The van der Waals surface area contributed by atoms with Gasteiger partial charge in [0, 0.05) is 6.04 Å². The van der Waals surface area contributed by atoms with Crippen molar-refractivity contribution in [3.05, 3.63) is 39.8 Å². The molecule has 0 radical (unpaired) electrons. The van der Waals surface area contributed by atoms with Gasteiger partial charge in [-0.15, -0.1) is 0 Å². The van der Waals surface area contributed by atoms with Crippen molar-refractivity contribution in [1.82, 2.24) is 10.3 Å². The molecule has 2 rings (SSSR count). The third-order valence-corrected chi connectivity index (χ3v) is 5.88. The van der Waals surface area contributed by atoms with Crippen molar-refractivity contribution in [3.63, 3.8) is 0 Å². The van der Waals surface area contributed by atoms with E-state index in [1.54, 1.807) is 24.4 Å². The third kappa shape index (κ3) is 4.03. The molecule has 114 valence electrons. The monoisotopic (exact) mass is 389 g/mol. The lowest BCUT2D eigenvalue weighted by atomic mass is 10.1. The molecule has 2 aromatic rings. The van der Waals surface area contributed by atoms with Crippen LogP contribution in [0.5, 0.6) is 0 Å². The Morgan fingerprint density at radius 1 is 1.43 bits per heavy atom. The number of nitrogens with one attached hydrogen (secondary N) is 2. The number of sulfonamides is 1. The predicted octanol–water partition coefficient (Wildman–Crippen LogP) is 3.38. The summed E-state index contributed by atoms with van der Waals surface area (Å²) in [6, 6.07) is 7.08. The fourth-order valence-electron chi connectivity index (χ4n) is 1.98. The van der Waals surface area contributed by atoms with Crippen molar-refractivity contribution in [2.24, 2.45) is 0 Å². The Bertz CT molecular complexity index is 712. The fraction of sp³-hybridized carbons (Fsp3) is 0.308. The van der Waals surface area contributed by atoms with Gasteiger partial charge in [-0.3, -0.25) is 4.72 Å². The van der Waals surface area contributed by atoms with E-state index in [-0.39, 0.29) is 10.9 Å². The van der Waals surface area contributed by atoms with E-state index in [0.717, 1.165) is 15.8 Å². The first-order valence-electron chi connectivity index (χ1n) is 6.37. The molecule has 1 aromatic heterocycles. The van der Waals surface area contributed by atoms with Crippen LogP contribution < -0.4 is 10.0 Å². The number of hydrogen-bond acceptors (Lipinski definition) is 5. The summed E-state index contributed by atoms with van der Waals surface area (Å²) in [5.74, 6) is 0. The Balaban J connectivity index is 2.29. The van der Waals surface area contributed by atoms with Crippen LogP contribution in [0.3, 0.4) is 0 Å². The summed E-state index contributed by atoms with van der Waals surface area (Å²) >= 11 is 4.49. The Labute approximate surface area is 137 Å². The summed E-state index contributed by atoms with van der Waals surface area (Å²) in [6.07, 6.45) is 2.44. The van der Waals surface area contributed by atoms with Gasteiger partial charge in [0.25, 0.3) is 10.0 Å². The Kier molecular flexibility index (Phi) is 5.37. The molecule has 1 aromatic carbocycles. The molecule has 0 amide bonds. The average Bonchev–Trinajstić information content (AvgIpc) is 2.85. The van der Waals surface area contributed by atoms with Crippen LogP contribution in [0.25, 0.3) is 0 Å². The van der Waals surface area contributed by atoms with E-state index in [4.69, 9.17) is 0 Å². The van der Waals surface area contributed by atoms with Crippen LogP contribution in [0, 0.1) is 0 Å². The van der Waals surface area contributed by atoms with Crippen molar-refractivity contribution in [3.8, 4) is 0 Å². The molecule has 1 heterocycles. The molecule has 0 fully saturated rings. The molecular formula is C13H16BrN3O2S2. The summed E-state index contributed by atoms with van der Waals surface area (Å²) in [7, 11) is -1.76. The zero-order chi connectivity index (χ0) is 15.5. The zero-order valence-corrected chi connectivity index (χ0v) is 14.8. The largest absolute Gasteiger partial charge is 0.313 e. The van der Waals surface area contributed by atoms with E-state index >= 15 is 0 Å². The predicted molar refractivity (Wildman–Crippen MR) is 89.2 cm³/mol. The van der Waals surface area contributed by atoms with Gasteiger partial charge >= 0.3 is 0 Å². The summed E-state index contributed by atoms with van der Waals surface area (Å²) in [4.78, 5) is 4.22. The number of thiazole rings is 1. The topological polar surface area (TPSA) is 71.1 Å². The van der Waals surface area contributed by atoms with Crippen LogP contribution in [0.2, 0.25) is 0 Å². The van der Waals surface area contributed by atoms with Gasteiger partial charge in [0.1, 0.15) is 0 Å². The Morgan fingerprint density at radius 2 is 2.19 bits per heavy atom. The molecule has 5 nitrogen and oxygen atoms in total. The van der Waals surface area contributed by atoms with Crippen LogP contribution >= 0.6 is 27.3 Å². The highest BCUT2D eigenvalue weighted by atomic mass is 79.9.